The van der Waals surface area contributed by atoms with Gasteiger partial charge in [0.05, 0.1) is 26.7 Å². The zero-order chi connectivity index (χ0) is 25.4. The zero-order valence-corrected chi connectivity index (χ0v) is 20.7. The molecular formula is C24H24F3N3O3S2. The molecule has 1 aromatic heterocycles. The first-order chi connectivity index (χ1) is 16.5. The molecule has 0 unspecified atom stereocenters. The minimum absolute atomic E-state index is 0.0237. The number of sulfonamides is 1. The second-order valence-corrected chi connectivity index (χ2v) is 11.2. The molecule has 1 fully saturated rings. The number of anilines is 2. The van der Waals surface area contributed by atoms with Gasteiger partial charge in [-0.3, -0.25) is 9.52 Å². The minimum Gasteiger partial charge on any atom is -0.302 e. The van der Waals surface area contributed by atoms with Crippen LogP contribution >= 0.6 is 11.3 Å². The third-order valence-electron chi connectivity index (χ3n) is 5.97. The summed E-state index contributed by atoms with van der Waals surface area (Å²) >= 11 is 1.23. The van der Waals surface area contributed by atoms with E-state index in [0.717, 1.165) is 37.8 Å². The molecule has 2 N–H and O–H groups in total. The molecule has 0 radical (unpaired) electrons. The third kappa shape index (κ3) is 5.51. The van der Waals surface area contributed by atoms with Crippen LogP contribution in [0.5, 0.6) is 0 Å². The zero-order valence-electron chi connectivity index (χ0n) is 19.1. The van der Waals surface area contributed by atoms with Crippen molar-refractivity contribution in [3.05, 3.63) is 59.3 Å². The third-order valence-corrected chi connectivity index (χ3v) is 8.60. The maximum absolute atomic E-state index is 13.4. The molecule has 1 heterocycles. The SMILES string of the molecule is Cc1ccc(-c2sc(NC(=O)C3CCCC3)nc2C)cc1S(=O)(=O)Nc1ccccc1C(F)(F)F. The lowest BCUT2D eigenvalue weighted by molar-refractivity contribution is -0.136. The minimum atomic E-state index is -4.71. The number of hydrogen-bond acceptors (Lipinski definition) is 5. The first kappa shape index (κ1) is 25.2. The fourth-order valence-electron chi connectivity index (χ4n) is 4.16. The Morgan fingerprint density at radius 1 is 1.09 bits per heavy atom. The second-order valence-electron chi connectivity index (χ2n) is 8.53. The lowest BCUT2D eigenvalue weighted by Crippen LogP contribution is -2.20. The van der Waals surface area contributed by atoms with Gasteiger partial charge in [0.25, 0.3) is 10.0 Å². The Morgan fingerprint density at radius 3 is 2.46 bits per heavy atom. The standard InChI is InChI=1S/C24H24F3N3O3S2/c1-14-11-12-17(21-15(2)28-23(34-21)29-22(31)16-7-3-4-8-16)13-20(14)35(32,33)30-19-10-6-5-9-18(19)24(25,26)27/h5-6,9-13,16,30H,3-4,7-8H2,1-2H3,(H,28,29,31). The number of aryl methyl sites for hydroxylation is 2. The van der Waals surface area contributed by atoms with Crippen LogP contribution in [0.4, 0.5) is 24.0 Å². The van der Waals surface area contributed by atoms with E-state index in [1.807, 2.05) is 0 Å². The average molecular weight is 524 g/mol. The van der Waals surface area contributed by atoms with Crippen molar-refractivity contribution in [2.75, 3.05) is 10.0 Å². The van der Waals surface area contributed by atoms with E-state index < -0.39 is 27.5 Å². The van der Waals surface area contributed by atoms with E-state index in [0.29, 0.717) is 26.8 Å². The van der Waals surface area contributed by atoms with Crippen molar-refractivity contribution >= 4 is 38.1 Å². The van der Waals surface area contributed by atoms with Crippen molar-refractivity contribution < 1.29 is 26.4 Å². The fraction of sp³-hybridized carbons (Fsp3) is 0.333. The number of thiazole rings is 1. The predicted octanol–water partition coefficient (Wildman–Crippen LogP) is 6.38. The number of carbonyl (C=O) groups excluding carboxylic acids is 1. The van der Waals surface area contributed by atoms with Crippen molar-refractivity contribution in [3.63, 3.8) is 0 Å². The van der Waals surface area contributed by atoms with Crippen LogP contribution < -0.4 is 10.0 Å². The summed E-state index contributed by atoms with van der Waals surface area (Å²) in [5, 5.41) is 3.28. The number of nitrogens with one attached hydrogen (secondary N) is 2. The summed E-state index contributed by atoms with van der Waals surface area (Å²) in [6.07, 6.45) is -0.945. The van der Waals surface area contributed by atoms with Crippen LogP contribution in [0.25, 0.3) is 10.4 Å². The van der Waals surface area contributed by atoms with Crippen LogP contribution in [0.1, 0.15) is 42.5 Å². The van der Waals surface area contributed by atoms with Crippen LogP contribution in [0.3, 0.4) is 0 Å². The van der Waals surface area contributed by atoms with E-state index in [1.165, 1.54) is 29.5 Å². The summed E-state index contributed by atoms with van der Waals surface area (Å²) in [7, 11) is -4.33. The highest BCUT2D eigenvalue weighted by atomic mass is 32.2. The molecule has 11 heteroatoms. The quantitative estimate of drug-likeness (QED) is 0.393. The molecule has 1 aliphatic carbocycles. The highest BCUT2D eigenvalue weighted by Gasteiger charge is 2.34. The van der Waals surface area contributed by atoms with Gasteiger partial charge in [0.1, 0.15) is 0 Å². The van der Waals surface area contributed by atoms with Crippen molar-refractivity contribution in [3.8, 4) is 10.4 Å². The second kappa shape index (κ2) is 9.62. The first-order valence-electron chi connectivity index (χ1n) is 11.0. The number of amides is 1. The average Bonchev–Trinajstić information content (AvgIpc) is 3.43. The van der Waals surface area contributed by atoms with Gasteiger partial charge in [0.2, 0.25) is 5.91 Å². The number of halogens is 3. The van der Waals surface area contributed by atoms with Gasteiger partial charge in [0, 0.05) is 5.92 Å². The number of alkyl halides is 3. The van der Waals surface area contributed by atoms with Gasteiger partial charge in [-0.15, -0.1) is 0 Å². The Kier molecular flexibility index (Phi) is 6.92. The summed E-state index contributed by atoms with van der Waals surface area (Å²) in [5.41, 5.74) is -0.0903. The van der Waals surface area contributed by atoms with E-state index in [2.05, 4.69) is 15.0 Å². The summed E-state index contributed by atoms with van der Waals surface area (Å²) < 4.78 is 68.4. The predicted molar refractivity (Wildman–Crippen MR) is 130 cm³/mol. The van der Waals surface area contributed by atoms with Crippen LogP contribution in [-0.2, 0) is 21.0 Å². The molecule has 2 aromatic carbocycles. The Labute approximate surface area is 205 Å². The Bertz CT molecular complexity index is 1360. The molecule has 0 atom stereocenters. The van der Waals surface area contributed by atoms with Gasteiger partial charge in [-0.25, -0.2) is 13.4 Å². The number of aromatic nitrogens is 1. The summed E-state index contributed by atoms with van der Waals surface area (Å²) in [6.45, 7) is 3.32. The largest absolute Gasteiger partial charge is 0.418 e. The lowest BCUT2D eigenvalue weighted by atomic mass is 10.1. The Balaban J connectivity index is 1.63. The Hall–Kier alpha value is -2.92. The van der Waals surface area contributed by atoms with Crippen molar-refractivity contribution in [1.82, 2.24) is 4.98 Å². The molecule has 186 valence electrons. The number of carbonyl (C=O) groups is 1. The molecule has 0 aliphatic heterocycles. The molecular weight excluding hydrogens is 499 g/mol. The summed E-state index contributed by atoms with van der Waals surface area (Å²) in [4.78, 5) is 17.4. The number of nitrogens with zero attached hydrogens (tertiary/aromatic N) is 1. The van der Waals surface area contributed by atoms with Gasteiger partial charge in [-0.1, -0.05) is 48.4 Å². The molecule has 1 aliphatic rings. The van der Waals surface area contributed by atoms with Crippen LogP contribution in [-0.4, -0.2) is 19.3 Å². The van der Waals surface area contributed by atoms with E-state index in [-0.39, 0.29) is 16.7 Å². The molecule has 0 saturated heterocycles. The monoisotopic (exact) mass is 523 g/mol. The first-order valence-corrected chi connectivity index (χ1v) is 13.3. The molecule has 0 spiro atoms. The molecule has 6 nitrogen and oxygen atoms in total. The smallest absolute Gasteiger partial charge is 0.302 e. The molecule has 3 aromatic rings. The number of benzene rings is 2. The van der Waals surface area contributed by atoms with E-state index in [9.17, 15) is 26.4 Å². The van der Waals surface area contributed by atoms with Gasteiger partial charge in [-0.2, -0.15) is 13.2 Å². The van der Waals surface area contributed by atoms with Crippen LogP contribution in [0.15, 0.2) is 47.4 Å². The van der Waals surface area contributed by atoms with Gasteiger partial charge in [0.15, 0.2) is 5.13 Å². The fourth-order valence-corrected chi connectivity index (χ4v) is 6.48. The molecule has 1 saturated carbocycles. The number of rotatable bonds is 6. The molecule has 0 bridgehead atoms. The maximum Gasteiger partial charge on any atom is 0.418 e. The van der Waals surface area contributed by atoms with Crippen LogP contribution in [0, 0.1) is 19.8 Å². The summed E-state index contributed by atoms with van der Waals surface area (Å²) in [6, 6.07) is 9.16. The number of para-hydroxylation sites is 1. The van der Waals surface area contributed by atoms with E-state index in [1.54, 1.807) is 26.0 Å². The van der Waals surface area contributed by atoms with Crippen molar-refractivity contribution in [2.45, 2.75) is 50.6 Å². The van der Waals surface area contributed by atoms with Gasteiger partial charge < -0.3 is 5.32 Å². The topological polar surface area (TPSA) is 88.2 Å². The molecule has 4 rings (SSSR count). The Morgan fingerprint density at radius 2 is 1.77 bits per heavy atom. The van der Waals surface area contributed by atoms with E-state index >= 15 is 0 Å². The van der Waals surface area contributed by atoms with Crippen molar-refractivity contribution in [1.29, 1.82) is 0 Å². The van der Waals surface area contributed by atoms with Crippen LogP contribution in [0.2, 0.25) is 0 Å². The van der Waals surface area contributed by atoms with Crippen molar-refractivity contribution in [2.24, 2.45) is 5.92 Å². The van der Waals surface area contributed by atoms with Gasteiger partial charge in [-0.05, 0) is 56.0 Å². The highest BCUT2D eigenvalue weighted by molar-refractivity contribution is 7.92. The lowest BCUT2D eigenvalue weighted by Gasteiger charge is -2.16. The van der Waals surface area contributed by atoms with E-state index in [4.69, 9.17) is 0 Å². The maximum atomic E-state index is 13.4. The molecule has 35 heavy (non-hydrogen) atoms. The number of hydrogen-bond donors (Lipinski definition) is 2. The normalized spacial score (nSPS) is 14.8. The summed E-state index contributed by atoms with van der Waals surface area (Å²) in [5.74, 6) is -0.0908. The van der Waals surface area contributed by atoms with Gasteiger partial charge >= 0.3 is 6.18 Å². The highest BCUT2D eigenvalue weighted by Crippen LogP contribution is 2.38. The molecule has 1 amide bonds.